The number of carbonyl (C=O) groups excluding carboxylic acids is 2. The minimum absolute atomic E-state index is 0.0161. The minimum Gasteiger partial charge on any atom is -0.444 e. The van der Waals surface area contributed by atoms with Crippen LogP contribution < -0.4 is 0 Å². The van der Waals surface area contributed by atoms with Crippen LogP contribution in [0.1, 0.15) is 41.0 Å². The zero-order valence-corrected chi connectivity index (χ0v) is 12.5. The molecule has 0 bridgehead atoms. The van der Waals surface area contributed by atoms with Gasteiger partial charge in [-0.15, -0.1) is 0 Å². The summed E-state index contributed by atoms with van der Waals surface area (Å²) in [6.45, 7) is 13.6. The SMILES string of the molecule is C=C(C)C1=C(CC)C(=O)CN(C(=O)OC(C)(C)C)C1. The Labute approximate surface area is 115 Å². The molecule has 106 valence electrons. The molecule has 0 aromatic carbocycles. The van der Waals surface area contributed by atoms with Crippen LogP contribution in [-0.2, 0) is 9.53 Å². The predicted octanol–water partition coefficient (Wildman–Crippen LogP) is 3.09. The van der Waals surface area contributed by atoms with Gasteiger partial charge in [-0.05, 0) is 39.7 Å². The Bertz CT molecular complexity index is 441. The highest BCUT2D eigenvalue weighted by Crippen LogP contribution is 2.24. The highest BCUT2D eigenvalue weighted by atomic mass is 16.6. The molecule has 0 saturated heterocycles. The molecule has 1 rings (SSSR count). The molecule has 1 aliphatic rings. The summed E-state index contributed by atoms with van der Waals surface area (Å²) in [6.07, 6.45) is 0.221. The minimum atomic E-state index is -0.557. The number of ether oxygens (including phenoxy) is 1. The molecule has 0 fully saturated rings. The van der Waals surface area contributed by atoms with Gasteiger partial charge in [0.1, 0.15) is 5.60 Å². The lowest BCUT2D eigenvalue weighted by molar-refractivity contribution is -0.117. The second-order valence-electron chi connectivity index (χ2n) is 5.85. The number of nitrogens with zero attached hydrogens (tertiary/aromatic N) is 1. The van der Waals surface area contributed by atoms with E-state index in [0.29, 0.717) is 13.0 Å². The van der Waals surface area contributed by atoms with Gasteiger partial charge in [-0.2, -0.15) is 0 Å². The van der Waals surface area contributed by atoms with E-state index in [2.05, 4.69) is 6.58 Å². The van der Waals surface area contributed by atoms with Crippen LogP contribution in [0, 0.1) is 0 Å². The fourth-order valence-corrected chi connectivity index (χ4v) is 2.04. The lowest BCUT2D eigenvalue weighted by Gasteiger charge is -2.32. The first kappa shape index (κ1) is 15.5. The van der Waals surface area contributed by atoms with Crippen molar-refractivity contribution in [1.82, 2.24) is 4.90 Å². The number of Topliss-reactive ketones (excluding diaryl/α,β-unsaturated/α-hetero) is 1. The number of amides is 1. The Morgan fingerprint density at radius 1 is 1.37 bits per heavy atom. The molecule has 0 saturated carbocycles. The maximum atomic E-state index is 12.1. The van der Waals surface area contributed by atoms with Gasteiger partial charge in [0.05, 0.1) is 13.1 Å². The van der Waals surface area contributed by atoms with Crippen molar-refractivity contribution in [1.29, 1.82) is 0 Å². The fourth-order valence-electron chi connectivity index (χ4n) is 2.04. The molecule has 0 N–H and O–H groups in total. The molecule has 0 atom stereocenters. The average molecular weight is 265 g/mol. The van der Waals surface area contributed by atoms with Gasteiger partial charge in [0, 0.05) is 5.57 Å². The van der Waals surface area contributed by atoms with E-state index < -0.39 is 11.7 Å². The van der Waals surface area contributed by atoms with Gasteiger partial charge in [0.15, 0.2) is 5.78 Å². The maximum Gasteiger partial charge on any atom is 0.411 e. The maximum absolute atomic E-state index is 12.1. The third kappa shape index (κ3) is 3.94. The Kier molecular flexibility index (Phi) is 4.56. The van der Waals surface area contributed by atoms with Gasteiger partial charge in [-0.1, -0.05) is 19.1 Å². The summed E-state index contributed by atoms with van der Waals surface area (Å²) in [6, 6.07) is 0. The van der Waals surface area contributed by atoms with Gasteiger partial charge >= 0.3 is 6.09 Å². The van der Waals surface area contributed by atoms with Crippen molar-refractivity contribution in [3.05, 3.63) is 23.3 Å². The van der Waals surface area contributed by atoms with E-state index in [-0.39, 0.29) is 12.3 Å². The highest BCUT2D eigenvalue weighted by Gasteiger charge is 2.30. The average Bonchev–Trinajstić information content (AvgIpc) is 2.25. The molecule has 1 aliphatic heterocycles. The van der Waals surface area contributed by atoms with E-state index >= 15 is 0 Å². The van der Waals surface area contributed by atoms with E-state index in [0.717, 1.165) is 16.7 Å². The summed E-state index contributed by atoms with van der Waals surface area (Å²) in [5, 5.41) is 0. The monoisotopic (exact) mass is 265 g/mol. The van der Waals surface area contributed by atoms with Crippen molar-refractivity contribution in [2.45, 2.75) is 46.6 Å². The second kappa shape index (κ2) is 5.59. The van der Waals surface area contributed by atoms with Crippen LogP contribution in [0.4, 0.5) is 4.79 Å². The van der Waals surface area contributed by atoms with E-state index in [4.69, 9.17) is 4.74 Å². The van der Waals surface area contributed by atoms with Gasteiger partial charge in [-0.25, -0.2) is 4.79 Å². The zero-order chi connectivity index (χ0) is 14.8. The highest BCUT2D eigenvalue weighted by molar-refractivity contribution is 6.01. The molecule has 0 aromatic heterocycles. The van der Waals surface area contributed by atoms with Crippen LogP contribution in [0.2, 0.25) is 0 Å². The lowest BCUT2D eigenvalue weighted by Crippen LogP contribution is -2.44. The third-order valence-corrected chi connectivity index (χ3v) is 2.90. The van der Waals surface area contributed by atoms with E-state index in [1.807, 2.05) is 34.6 Å². The molecule has 1 amide bonds. The molecule has 4 heteroatoms. The first-order chi connectivity index (χ1) is 8.65. The van der Waals surface area contributed by atoms with Crippen LogP contribution in [0.3, 0.4) is 0 Å². The molecule has 0 radical (unpaired) electrons. The molecular weight excluding hydrogens is 242 g/mol. The van der Waals surface area contributed by atoms with Crippen LogP contribution in [0.5, 0.6) is 0 Å². The van der Waals surface area contributed by atoms with Crippen molar-refractivity contribution in [2.24, 2.45) is 0 Å². The Balaban J connectivity index is 2.94. The first-order valence-electron chi connectivity index (χ1n) is 6.54. The molecule has 0 aliphatic carbocycles. The van der Waals surface area contributed by atoms with Crippen molar-refractivity contribution < 1.29 is 14.3 Å². The summed E-state index contributed by atoms with van der Waals surface area (Å²) < 4.78 is 5.30. The summed E-state index contributed by atoms with van der Waals surface area (Å²) in [5.74, 6) is -0.0161. The molecule has 1 heterocycles. The van der Waals surface area contributed by atoms with Crippen molar-refractivity contribution >= 4 is 11.9 Å². The van der Waals surface area contributed by atoms with Crippen molar-refractivity contribution in [3.8, 4) is 0 Å². The summed E-state index contributed by atoms with van der Waals surface area (Å²) in [5.41, 5.74) is 1.92. The van der Waals surface area contributed by atoms with Crippen LogP contribution >= 0.6 is 0 Å². The molecule has 19 heavy (non-hydrogen) atoms. The van der Waals surface area contributed by atoms with E-state index in [1.54, 1.807) is 0 Å². The molecular formula is C15H23NO3. The predicted molar refractivity (Wildman–Crippen MR) is 74.9 cm³/mol. The first-order valence-corrected chi connectivity index (χ1v) is 6.54. The quantitative estimate of drug-likeness (QED) is 0.770. The Morgan fingerprint density at radius 2 is 1.95 bits per heavy atom. The lowest BCUT2D eigenvalue weighted by atomic mass is 9.93. The third-order valence-electron chi connectivity index (χ3n) is 2.90. The van der Waals surface area contributed by atoms with Crippen molar-refractivity contribution in [2.75, 3.05) is 13.1 Å². The number of hydrogen-bond acceptors (Lipinski definition) is 3. The van der Waals surface area contributed by atoms with Crippen LogP contribution in [0.25, 0.3) is 0 Å². The van der Waals surface area contributed by atoms with Gasteiger partial charge in [0.25, 0.3) is 0 Å². The number of ketones is 1. The van der Waals surface area contributed by atoms with Crippen molar-refractivity contribution in [3.63, 3.8) is 0 Å². The standard InChI is InChI=1S/C15H23NO3/c1-7-11-12(10(2)3)8-16(9-13(11)17)14(18)19-15(4,5)6/h2,7-9H2,1,3-6H3. The summed E-state index contributed by atoms with van der Waals surface area (Å²) >= 11 is 0. The largest absolute Gasteiger partial charge is 0.444 e. The van der Waals surface area contributed by atoms with E-state index in [1.165, 1.54) is 4.90 Å². The summed E-state index contributed by atoms with van der Waals surface area (Å²) in [7, 11) is 0. The molecule has 0 spiro atoms. The second-order valence-corrected chi connectivity index (χ2v) is 5.85. The molecule has 4 nitrogen and oxygen atoms in total. The Morgan fingerprint density at radius 3 is 2.37 bits per heavy atom. The van der Waals surface area contributed by atoms with E-state index in [9.17, 15) is 9.59 Å². The normalized spacial score (nSPS) is 16.7. The number of rotatable bonds is 2. The van der Waals surface area contributed by atoms with Gasteiger partial charge in [0.2, 0.25) is 0 Å². The number of carbonyl (C=O) groups is 2. The van der Waals surface area contributed by atoms with Gasteiger partial charge in [-0.3, -0.25) is 9.69 Å². The van der Waals surface area contributed by atoms with Crippen LogP contribution in [0.15, 0.2) is 23.3 Å². The van der Waals surface area contributed by atoms with Gasteiger partial charge < -0.3 is 4.74 Å². The Hall–Kier alpha value is -1.58. The molecule has 0 aromatic rings. The molecule has 0 unspecified atom stereocenters. The zero-order valence-electron chi connectivity index (χ0n) is 12.5. The summed E-state index contributed by atoms with van der Waals surface area (Å²) in [4.78, 5) is 25.5. The smallest absolute Gasteiger partial charge is 0.411 e. The topological polar surface area (TPSA) is 46.6 Å². The van der Waals surface area contributed by atoms with Crippen LogP contribution in [-0.4, -0.2) is 35.5 Å². The fraction of sp³-hybridized carbons (Fsp3) is 0.600. The number of hydrogen-bond donors (Lipinski definition) is 0.